The molecule has 90 valence electrons. The Morgan fingerprint density at radius 3 is 2.78 bits per heavy atom. The second-order valence-electron chi connectivity index (χ2n) is 3.59. The van der Waals surface area contributed by atoms with Crippen molar-refractivity contribution in [1.82, 2.24) is 10.1 Å². The molecular formula is C12H8ClN3OS. The third-order valence-corrected chi connectivity index (χ3v) is 3.68. The summed E-state index contributed by atoms with van der Waals surface area (Å²) in [4.78, 5) is 5.17. The zero-order chi connectivity index (χ0) is 12.5. The number of hydrogen-bond donors (Lipinski definition) is 1. The number of nitrogens with two attached hydrogens (primary N) is 1. The quantitative estimate of drug-likeness (QED) is 0.776. The minimum absolute atomic E-state index is 0.258. The first-order valence-corrected chi connectivity index (χ1v) is 6.37. The van der Waals surface area contributed by atoms with Gasteiger partial charge in [-0.05, 0) is 24.3 Å². The number of nitrogen functional groups attached to an aromatic ring is 1. The highest BCUT2D eigenvalue weighted by molar-refractivity contribution is 7.19. The maximum Gasteiger partial charge on any atom is 0.232 e. The average Bonchev–Trinajstić information content (AvgIpc) is 2.96. The van der Waals surface area contributed by atoms with Gasteiger partial charge in [0.1, 0.15) is 5.69 Å². The topological polar surface area (TPSA) is 64.9 Å². The van der Waals surface area contributed by atoms with Crippen LogP contribution in [0.5, 0.6) is 0 Å². The lowest BCUT2D eigenvalue weighted by Crippen LogP contribution is -1.88. The third kappa shape index (κ3) is 1.87. The van der Waals surface area contributed by atoms with Crippen molar-refractivity contribution in [1.29, 1.82) is 0 Å². The van der Waals surface area contributed by atoms with Crippen LogP contribution in [0.1, 0.15) is 0 Å². The van der Waals surface area contributed by atoms with Gasteiger partial charge in [0.2, 0.25) is 5.88 Å². The molecule has 0 saturated carbocycles. The van der Waals surface area contributed by atoms with Crippen molar-refractivity contribution >= 4 is 28.8 Å². The molecule has 0 saturated heterocycles. The largest absolute Gasteiger partial charge is 0.367 e. The lowest BCUT2D eigenvalue weighted by Gasteiger charge is -1.99. The summed E-state index contributed by atoms with van der Waals surface area (Å²) in [7, 11) is 0. The fourth-order valence-electron chi connectivity index (χ4n) is 1.67. The van der Waals surface area contributed by atoms with Gasteiger partial charge in [-0.1, -0.05) is 22.8 Å². The molecule has 2 N–H and O–H groups in total. The molecule has 0 radical (unpaired) electrons. The van der Waals surface area contributed by atoms with Crippen LogP contribution >= 0.6 is 22.9 Å². The normalized spacial score (nSPS) is 10.7. The summed E-state index contributed by atoms with van der Waals surface area (Å²) in [5.41, 5.74) is 7.92. The molecule has 0 amide bonds. The highest BCUT2D eigenvalue weighted by Gasteiger charge is 2.19. The minimum atomic E-state index is 0.258. The Balaban J connectivity index is 2.18. The fourth-order valence-corrected chi connectivity index (χ4v) is 2.70. The Hall–Kier alpha value is -1.85. The predicted octanol–water partition coefficient (Wildman–Crippen LogP) is 3.70. The molecule has 3 aromatic rings. The van der Waals surface area contributed by atoms with Gasteiger partial charge in [0.15, 0.2) is 0 Å². The summed E-state index contributed by atoms with van der Waals surface area (Å²) in [5, 5.41) is 3.99. The van der Waals surface area contributed by atoms with Crippen molar-refractivity contribution in [2.45, 2.75) is 0 Å². The van der Waals surface area contributed by atoms with Crippen molar-refractivity contribution < 1.29 is 4.52 Å². The SMILES string of the molecule is Nc1onc(-c2ccc(Cl)s2)c1-c1ccccn1. The second-order valence-corrected chi connectivity index (χ2v) is 5.30. The van der Waals surface area contributed by atoms with Crippen molar-refractivity contribution in [3.63, 3.8) is 0 Å². The van der Waals surface area contributed by atoms with Crippen LogP contribution in [-0.2, 0) is 0 Å². The number of aromatic nitrogens is 2. The van der Waals surface area contributed by atoms with Crippen molar-refractivity contribution in [3.8, 4) is 21.8 Å². The molecule has 0 bridgehead atoms. The van der Waals surface area contributed by atoms with Crippen molar-refractivity contribution in [2.24, 2.45) is 0 Å². The van der Waals surface area contributed by atoms with Crippen LogP contribution in [-0.4, -0.2) is 10.1 Å². The molecule has 4 nitrogen and oxygen atoms in total. The van der Waals surface area contributed by atoms with Crippen molar-refractivity contribution in [3.05, 3.63) is 40.9 Å². The maximum absolute atomic E-state index is 5.93. The van der Waals surface area contributed by atoms with E-state index in [-0.39, 0.29) is 5.88 Å². The van der Waals surface area contributed by atoms with E-state index in [2.05, 4.69) is 10.1 Å². The lowest BCUT2D eigenvalue weighted by atomic mass is 10.1. The second kappa shape index (κ2) is 4.44. The Kier molecular flexibility index (Phi) is 2.77. The molecule has 18 heavy (non-hydrogen) atoms. The summed E-state index contributed by atoms with van der Waals surface area (Å²) in [6.45, 7) is 0. The molecule has 0 fully saturated rings. The van der Waals surface area contributed by atoms with Crippen LogP contribution in [0, 0.1) is 0 Å². The van der Waals surface area contributed by atoms with Crippen molar-refractivity contribution in [2.75, 3.05) is 5.73 Å². The van der Waals surface area contributed by atoms with Crippen LogP contribution < -0.4 is 5.73 Å². The smallest absolute Gasteiger partial charge is 0.232 e. The number of anilines is 1. The van der Waals surface area contributed by atoms with Crippen LogP contribution in [0.15, 0.2) is 41.1 Å². The summed E-state index contributed by atoms with van der Waals surface area (Å²) in [6.07, 6.45) is 1.70. The molecule has 0 aliphatic carbocycles. The summed E-state index contributed by atoms with van der Waals surface area (Å²) in [5.74, 6) is 0.258. The van der Waals surface area contributed by atoms with Crippen LogP contribution in [0.3, 0.4) is 0 Å². The van der Waals surface area contributed by atoms with E-state index in [0.29, 0.717) is 15.6 Å². The van der Waals surface area contributed by atoms with E-state index < -0.39 is 0 Å². The van der Waals surface area contributed by atoms with E-state index >= 15 is 0 Å². The van der Waals surface area contributed by atoms with E-state index in [1.807, 2.05) is 30.3 Å². The van der Waals surface area contributed by atoms with Crippen LogP contribution in [0.2, 0.25) is 4.34 Å². The number of rotatable bonds is 2. The summed E-state index contributed by atoms with van der Waals surface area (Å²) in [6, 6.07) is 9.29. The number of thiophene rings is 1. The Morgan fingerprint density at radius 2 is 2.11 bits per heavy atom. The van der Waals surface area contributed by atoms with Gasteiger partial charge in [-0.2, -0.15) is 0 Å². The molecule has 0 aromatic carbocycles. The van der Waals surface area contributed by atoms with E-state index in [1.165, 1.54) is 11.3 Å². The zero-order valence-corrected chi connectivity index (χ0v) is 10.7. The van der Waals surface area contributed by atoms with Gasteiger partial charge in [0, 0.05) is 6.20 Å². The van der Waals surface area contributed by atoms with E-state index in [4.69, 9.17) is 21.9 Å². The van der Waals surface area contributed by atoms with Gasteiger partial charge in [0.25, 0.3) is 0 Å². The third-order valence-electron chi connectivity index (χ3n) is 2.45. The van der Waals surface area contributed by atoms with Crippen LogP contribution in [0.25, 0.3) is 21.8 Å². The van der Waals surface area contributed by atoms with Gasteiger partial charge in [-0.25, -0.2) is 0 Å². The Labute approximate surface area is 112 Å². The highest BCUT2D eigenvalue weighted by Crippen LogP contribution is 2.39. The lowest BCUT2D eigenvalue weighted by molar-refractivity contribution is 0.439. The van der Waals surface area contributed by atoms with Gasteiger partial charge >= 0.3 is 0 Å². The standard InChI is InChI=1S/C12H8ClN3OS/c13-9-5-4-8(18-9)11-10(12(14)17-16-11)7-3-1-2-6-15-7/h1-6H,14H2. The molecule has 0 atom stereocenters. The first kappa shape index (κ1) is 11.3. The Bertz CT molecular complexity index is 678. The molecule has 3 rings (SSSR count). The number of hydrogen-bond acceptors (Lipinski definition) is 5. The molecule has 3 heterocycles. The summed E-state index contributed by atoms with van der Waals surface area (Å²) >= 11 is 7.35. The summed E-state index contributed by atoms with van der Waals surface area (Å²) < 4.78 is 5.76. The highest BCUT2D eigenvalue weighted by atomic mass is 35.5. The maximum atomic E-state index is 5.93. The van der Waals surface area contributed by atoms with Gasteiger partial charge in [-0.3, -0.25) is 4.98 Å². The predicted molar refractivity (Wildman–Crippen MR) is 72.5 cm³/mol. The molecule has 0 spiro atoms. The molecule has 6 heteroatoms. The molecular weight excluding hydrogens is 270 g/mol. The monoisotopic (exact) mass is 277 g/mol. The van der Waals surface area contributed by atoms with Crippen LogP contribution in [0.4, 0.5) is 5.88 Å². The first-order valence-electron chi connectivity index (χ1n) is 5.18. The van der Waals surface area contributed by atoms with Gasteiger partial charge < -0.3 is 10.3 Å². The Morgan fingerprint density at radius 1 is 1.22 bits per heavy atom. The first-order chi connectivity index (χ1) is 8.75. The zero-order valence-electron chi connectivity index (χ0n) is 9.13. The fraction of sp³-hybridized carbons (Fsp3) is 0. The average molecular weight is 278 g/mol. The van der Waals surface area contributed by atoms with E-state index in [1.54, 1.807) is 6.20 Å². The minimum Gasteiger partial charge on any atom is -0.367 e. The van der Waals surface area contributed by atoms with E-state index in [9.17, 15) is 0 Å². The molecule has 0 aliphatic heterocycles. The molecule has 0 aliphatic rings. The van der Waals surface area contributed by atoms with E-state index in [0.717, 1.165) is 10.6 Å². The van der Waals surface area contributed by atoms with Gasteiger partial charge in [-0.15, -0.1) is 11.3 Å². The number of nitrogens with zero attached hydrogens (tertiary/aromatic N) is 2. The number of pyridine rings is 1. The number of halogens is 1. The van der Waals surface area contributed by atoms with Gasteiger partial charge in [0.05, 0.1) is 20.5 Å². The molecule has 0 unspecified atom stereocenters. The molecule has 3 aromatic heterocycles.